The van der Waals surface area contributed by atoms with Crippen LogP contribution in [0, 0.1) is 5.82 Å². The number of hydrogen-bond acceptors (Lipinski definition) is 11. The van der Waals surface area contributed by atoms with Gasteiger partial charge in [-0.25, -0.2) is 18.7 Å². The summed E-state index contributed by atoms with van der Waals surface area (Å²) in [6.07, 6.45) is 1.42. The van der Waals surface area contributed by atoms with Gasteiger partial charge in [0.05, 0.1) is 22.5 Å². The van der Waals surface area contributed by atoms with Gasteiger partial charge in [0.1, 0.15) is 5.82 Å². The third-order valence-corrected chi connectivity index (χ3v) is 5.56. The molecule has 1 N–H and O–H groups in total. The SMILES string of the molecule is CS(=O)(=O)OC1CC(Nc2nonc2C2=NOC(=C=O)N2c2ccc(F)c(Br)c2)C1. The molecule has 158 valence electrons. The van der Waals surface area contributed by atoms with E-state index >= 15 is 0 Å². The smallest absolute Gasteiger partial charge is 0.320 e. The van der Waals surface area contributed by atoms with Crippen molar-refractivity contribution in [2.24, 2.45) is 5.16 Å². The van der Waals surface area contributed by atoms with Gasteiger partial charge in [-0.15, -0.1) is 0 Å². The van der Waals surface area contributed by atoms with Crippen LogP contribution in [-0.2, 0) is 23.9 Å². The molecule has 1 aliphatic heterocycles. The summed E-state index contributed by atoms with van der Waals surface area (Å²) in [5.41, 5.74) is 0.491. The number of halogens is 2. The monoisotopic (exact) mass is 501 g/mol. The number of nitrogens with zero attached hydrogens (tertiary/aromatic N) is 4. The van der Waals surface area contributed by atoms with E-state index in [1.807, 2.05) is 0 Å². The van der Waals surface area contributed by atoms with Crippen LogP contribution < -0.4 is 10.2 Å². The van der Waals surface area contributed by atoms with E-state index in [1.54, 1.807) is 5.94 Å². The number of nitrogens with one attached hydrogen (secondary N) is 1. The zero-order valence-electron chi connectivity index (χ0n) is 15.2. The van der Waals surface area contributed by atoms with E-state index in [1.165, 1.54) is 23.1 Å². The molecule has 1 saturated carbocycles. The lowest BCUT2D eigenvalue weighted by atomic mass is 9.89. The lowest BCUT2D eigenvalue weighted by Gasteiger charge is -2.34. The molecule has 0 amide bonds. The van der Waals surface area contributed by atoms with Crippen molar-refractivity contribution in [3.63, 3.8) is 0 Å². The second-order valence-corrected chi connectivity index (χ2v) is 9.00. The van der Waals surface area contributed by atoms with Gasteiger partial charge in [-0.2, -0.15) is 8.42 Å². The first-order chi connectivity index (χ1) is 14.2. The minimum absolute atomic E-state index is 0.0684. The maximum Gasteiger partial charge on any atom is 0.320 e. The van der Waals surface area contributed by atoms with Gasteiger partial charge in [0, 0.05) is 6.04 Å². The van der Waals surface area contributed by atoms with Gasteiger partial charge >= 0.3 is 5.88 Å². The second-order valence-electron chi connectivity index (χ2n) is 6.54. The fourth-order valence-corrected chi connectivity index (χ4v) is 3.99. The van der Waals surface area contributed by atoms with Crippen LogP contribution in [0.15, 0.2) is 38.3 Å². The molecule has 14 heteroatoms. The quantitative estimate of drug-likeness (QED) is 0.460. The molecule has 0 bridgehead atoms. The maximum absolute atomic E-state index is 13.6. The van der Waals surface area contributed by atoms with Crippen molar-refractivity contribution in [3.8, 4) is 0 Å². The number of carbonyl (C=O) groups excluding carboxylic acids is 1. The molecular weight excluding hydrogens is 489 g/mol. The molecule has 0 atom stereocenters. The molecule has 0 spiro atoms. The molecule has 1 aromatic heterocycles. The average Bonchev–Trinajstić information content (AvgIpc) is 3.27. The van der Waals surface area contributed by atoms with Crippen LogP contribution in [0.3, 0.4) is 0 Å². The van der Waals surface area contributed by atoms with Crippen molar-refractivity contribution in [1.82, 2.24) is 10.3 Å². The minimum atomic E-state index is -3.53. The van der Waals surface area contributed by atoms with Gasteiger partial charge in [-0.1, -0.05) is 5.16 Å². The Morgan fingerprint density at radius 2 is 2.13 bits per heavy atom. The fraction of sp³-hybridized carbons (Fsp3) is 0.312. The van der Waals surface area contributed by atoms with Crippen LogP contribution in [0.4, 0.5) is 15.9 Å². The predicted molar refractivity (Wildman–Crippen MR) is 104 cm³/mol. The highest BCUT2D eigenvalue weighted by Crippen LogP contribution is 2.33. The lowest BCUT2D eigenvalue weighted by molar-refractivity contribution is 0.116. The van der Waals surface area contributed by atoms with Crippen LogP contribution in [0.1, 0.15) is 18.5 Å². The van der Waals surface area contributed by atoms with Crippen molar-refractivity contribution >= 4 is 49.3 Å². The van der Waals surface area contributed by atoms with Crippen LogP contribution >= 0.6 is 15.9 Å². The Morgan fingerprint density at radius 1 is 1.37 bits per heavy atom. The molecule has 1 fully saturated rings. The largest absolute Gasteiger partial charge is 0.362 e. The van der Waals surface area contributed by atoms with Gasteiger partial charge in [0.25, 0.3) is 10.1 Å². The highest BCUT2D eigenvalue weighted by atomic mass is 79.9. The molecule has 1 aromatic carbocycles. The maximum atomic E-state index is 13.6. The molecule has 0 radical (unpaired) electrons. The summed E-state index contributed by atoms with van der Waals surface area (Å²) in [7, 11) is -3.53. The van der Waals surface area contributed by atoms with E-state index in [2.05, 4.69) is 36.7 Å². The first-order valence-electron chi connectivity index (χ1n) is 8.48. The second kappa shape index (κ2) is 7.80. The van der Waals surface area contributed by atoms with Crippen LogP contribution in [0.2, 0.25) is 0 Å². The van der Waals surface area contributed by atoms with Crippen LogP contribution in [0.25, 0.3) is 0 Å². The van der Waals surface area contributed by atoms with Crippen LogP contribution in [0.5, 0.6) is 0 Å². The molecule has 11 nitrogen and oxygen atoms in total. The predicted octanol–water partition coefficient (Wildman–Crippen LogP) is 1.76. The Balaban J connectivity index is 1.55. The van der Waals surface area contributed by atoms with Gasteiger partial charge in [0.15, 0.2) is 11.6 Å². The average molecular weight is 502 g/mol. The van der Waals surface area contributed by atoms with Gasteiger partial charge < -0.3 is 10.2 Å². The van der Waals surface area contributed by atoms with Crippen molar-refractivity contribution in [1.29, 1.82) is 0 Å². The summed E-state index contributed by atoms with van der Waals surface area (Å²) in [6.45, 7) is 0. The van der Waals surface area contributed by atoms with E-state index in [4.69, 9.17) is 13.6 Å². The minimum Gasteiger partial charge on any atom is -0.362 e. The Bertz CT molecular complexity index is 1170. The van der Waals surface area contributed by atoms with E-state index in [0.717, 1.165) is 6.26 Å². The molecule has 30 heavy (non-hydrogen) atoms. The van der Waals surface area contributed by atoms with E-state index < -0.39 is 22.0 Å². The van der Waals surface area contributed by atoms with Crippen molar-refractivity contribution < 1.29 is 31.3 Å². The first kappa shape index (κ1) is 20.5. The molecule has 2 aromatic rings. The standard InChI is InChI=1S/C16H13BrFN5O6S/c1-30(25,26)28-10-4-8(5-10)19-15-14(20-29-21-15)16-22-27-13(7-24)23(16)9-2-3-12(18)11(17)6-9/h2-3,6,8,10H,4-5H2,1H3,(H,19,21). The Hall–Kier alpha value is -2.80. The van der Waals surface area contributed by atoms with Crippen LogP contribution in [-0.4, -0.2) is 48.9 Å². The van der Waals surface area contributed by atoms with Crippen molar-refractivity contribution in [3.05, 3.63) is 40.1 Å². The molecule has 4 rings (SSSR count). The van der Waals surface area contributed by atoms with Crippen molar-refractivity contribution in [2.45, 2.75) is 25.0 Å². The zero-order valence-corrected chi connectivity index (χ0v) is 17.6. The summed E-state index contributed by atoms with van der Waals surface area (Å²) in [5, 5.41) is 14.5. The number of oxime groups is 1. The number of anilines is 2. The molecule has 2 aliphatic rings. The van der Waals surface area contributed by atoms with E-state index in [9.17, 15) is 17.6 Å². The number of amidine groups is 1. The zero-order chi connectivity index (χ0) is 21.5. The Labute approximate surface area is 177 Å². The summed E-state index contributed by atoms with van der Waals surface area (Å²) < 4.78 is 45.9. The van der Waals surface area contributed by atoms with Gasteiger partial charge in [-0.05, 0) is 57.3 Å². The number of benzene rings is 1. The lowest BCUT2D eigenvalue weighted by Crippen LogP contribution is -2.42. The summed E-state index contributed by atoms with van der Waals surface area (Å²) in [6, 6.07) is 3.91. The van der Waals surface area contributed by atoms with Crippen molar-refractivity contribution in [2.75, 3.05) is 16.5 Å². The van der Waals surface area contributed by atoms with E-state index in [0.29, 0.717) is 18.5 Å². The van der Waals surface area contributed by atoms with E-state index in [-0.39, 0.29) is 33.7 Å². The third-order valence-electron chi connectivity index (χ3n) is 4.33. The molecule has 0 saturated heterocycles. The Kier molecular flexibility index (Phi) is 5.32. The summed E-state index contributed by atoms with van der Waals surface area (Å²) in [5.74, 6) is 1.13. The number of hydrogen-bond donors (Lipinski definition) is 1. The highest BCUT2D eigenvalue weighted by Gasteiger charge is 2.37. The number of aromatic nitrogens is 2. The fourth-order valence-electron chi connectivity index (χ4n) is 2.97. The summed E-state index contributed by atoms with van der Waals surface area (Å²) >= 11 is 3.09. The Morgan fingerprint density at radius 3 is 2.80 bits per heavy atom. The third kappa shape index (κ3) is 4.07. The molecule has 0 unspecified atom stereocenters. The highest BCUT2D eigenvalue weighted by molar-refractivity contribution is 9.10. The van der Waals surface area contributed by atoms with Gasteiger partial charge in [-0.3, -0.25) is 4.18 Å². The molecule has 1 aliphatic carbocycles. The molecule has 2 heterocycles. The molecular formula is C16H13BrFN5O6S. The number of rotatable bonds is 6. The first-order valence-corrected chi connectivity index (χ1v) is 11.1. The topological polar surface area (TPSA) is 136 Å². The normalized spacial score (nSPS) is 21.0. The van der Waals surface area contributed by atoms with Gasteiger partial charge in [0.2, 0.25) is 11.7 Å². The summed E-state index contributed by atoms with van der Waals surface area (Å²) in [4.78, 5) is 17.6.